The molecule has 2 aromatic rings. The summed E-state index contributed by atoms with van der Waals surface area (Å²) in [6.07, 6.45) is -4.11. The lowest BCUT2D eigenvalue weighted by atomic mass is 9.93. The Hall–Kier alpha value is -2.02. The Morgan fingerprint density at radius 2 is 1.90 bits per heavy atom. The highest BCUT2D eigenvalue weighted by Crippen LogP contribution is 2.43. The van der Waals surface area contributed by atoms with E-state index in [2.05, 4.69) is 4.74 Å². The number of halogens is 3. The third kappa shape index (κ3) is 1.85. The molecule has 0 radical (unpaired) electrons. The molecule has 0 spiro atoms. The van der Waals surface area contributed by atoms with Crippen LogP contribution in [0.1, 0.15) is 5.56 Å². The number of benzene rings is 1. The number of aliphatic hydroxyl groups is 1. The van der Waals surface area contributed by atoms with E-state index in [0.29, 0.717) is 5.52 Å². The summed E-state index contributed by atoms with van der Waals surface area (Å²) >= 11 is 0. The minimum atomic E-state index is -5.19. The number of esters is 1. The fourth-order valence-electron chi connectivity index (χ4n) is 2.16. The number of ether oxygens (including phenoxy) is 1. The molecule has 108 valence electrons. The monoisotopic (exact) mass is 287 g/mol. The van der Waals surface area contributed by atoms with E-state index in [0.717, 1.165) is 13.3 Å². The van der Waals surface area contributed by atoms with E-state index in [4.69, 9.17) is 0 Å². The lowest BCUT2D eigenvalue weighted by Gasteiger charge is -2.27. The predicted molar refractivity (Wildman–Crippen MR) is 64.9 cm³/mol. The van der Waals surface area contributed by atoms with Crippen LogP contribution in [0.15, 0.2) is 30.5 Å². The van der Waals surface area contributed by atoms with E-state index in [1.807, 2.05) is 0 Å². The van der Waals surface area contributed by atoms with Gasteiger partial charge in [0.05, 0.1) is 7.11 Å². The molecule has 20 heavy (non-hydrogen) atoms. The van der Waals surface area contributed by atoms with Gasteiger partial charge in [-0.2, -0.15) is 13.2 Å². The molecule has 0 bridgehead atoms. The smallest absolute Gasteiger partial charge is 0.432 e. The molecule has 1 aromatic heterocycles. The third-order valence-electron chi connectivity index (χ3n) is 3.18. The van der Waals surface area contributed by atoms with Crippen LogP contribution in [0.25, 0.3) is 10.9 Å². The van der Waals surface area contributed by atoms with E-state index < -0.39 is 23.3 Å². The first-order valence-corrected chi connectivity index (χ1v) is 5.65. The number of carbonyl (C=O) groups excluding carboxylic acids is 1. The first-order chi connectivity index (χ1) is 9.23. The number of rotatable bonds is 2. The molecule has 1 aromatic carbocycles. The maximum absolute atomic E-state index is 13.2. The second-order valence-corrected chi connectivity index (χ2v) is 4.37. The standard InChI is InChI=1S/C13H12F3NO3/c1-17-7-9(8-5-3-4-6-10(8)17)12(19,11(18)20-2)13(14,15)16/h3-7,19H,1-2H3/t12-/m1/s1. The summed E-state index contributed by atoms with van der Waals surface area (Å²) < 4.78 is 45.2. The minimum Gasteiger partial charge on any atom is -0.466 e. The third-order valence-corrected chi connectivity index (χ3v) is 3.18. The minimum absolute atomic E-state index is 0.139. The Balaban J connectivity index is 2.80. The van der Waals surface area contributed by atoms with Gasteiger partial charge in [-0.25, -0.2) is 4.79 Å². The number of alkyl halides is 3. The number of hydrogen-bond acceptors (Lipinski definition) is 3. The molecule has 0 aliphatic heterocycles. The van der Waals surface area contributed by atoms with Crippen molar-refractivity contribution in [1.29, 1.82) is 0 Å². The Morgan fingerprint density at radius 1 is 1.30 bits per heavy atom. The number of methoxy groups -OCH3 is 1. The van der Waals surface area contributed by atoms with Gasteiger partial charge in [0, 0.05) is 29.7 Å². The zero-order valence-electron chi connectivity index (χ0n) is 10.7. The zero-order chi connectivity index (χ0) is 15.1. The molecule has 0 aliphatic carbocycles. The van der Waals surface area contributed by atoms with E-state index in [-0.39, 0.29) is 5.39 Å². The van der Waals surface area contributed by atoms with E-state index in [9.17, 15) is 23.1 Å². The average Bonchev–Trinajstić information content (AvgIpc) is 2.74. The molecular formula is C13H12F3NO3. The lowest BCUT2D eigenvalue weighted by molar-refractivity contribution is -0.266. The van der Waals surface area contributed by atoms with E-state index >= 15 is 0 Å². The van der Waals surface area contributed by atoms with Crippen molar-refractivity contribution in [3.8, 4) is 0 Å². The van der Waals surface area contributed by atoms with Gasteiger partial charge in [-0.15, -0.1) is 0 Å². The largest absolute Gasteiger partial charge is 0.466 e. The molecule has 0 saturated carbocycles. The van der Waals surface area contributed by atoms with Crippen LogP contribution in [0.4, 0.5) is 13.2 Å². The molecule has 4 nitrogen and oxygen atoms in total. The van der Waals surface area contributed by atoms with Gasteiger partial charge in [0.25, 0.3) is 5.60 Å². The van der Waals surface area contributed by atoms with Crippen molar-refractivity contribution in [3.63, 3.8) is 0 Å². The van der Waals surface area contributed by atoms with Crippen LogP contribution in [0.3, 0.4) is 0 Å². The molecular weight excluding hydrogens is 275 g/mol. The summed E-state index contributed by atoms with van der Waals surface area (Å²) in [4.78, 5) is 11.5. The molecule has 2 rings (SSSR count). The molecule has 1 N–H and O–H groups in total. The lowest BCUT2D eigenvalue weighted by Crippen LogP contribution is -2.49. The number of nitrogens with zero attached hydrogens (tertiary/aromatic N) is 1. The van der Waals surface area contributed by atoms with Crippen LogP contribution >= 0.6 is 0 Å². The number of fused-ring (bicyclic) bond motifs is 1. The van der Waals surface area contributed by atoms with Gasteiger partial charge < -0.3 is 14.4 Å². The first-order valence-electron chi connectivity index (χ1n) is 5.65. The second kappa shape index (κ2) is 4.52. The first kappa shape index (κ1) is 14.4. The van der Waals surface area contributed by atoms with Crippen molar-refractivity contribution >= 4 is 16.9 Å². The fraction of sp³-hybridized carbons (Fsp3) is 0.308. The summed E-state index contributed by atoms with van der Waals surface area (Å²) in [5, 5.41) is 10.1. The van der Waals surface area contributed by atoms with Crippen molar-refractivity contribution in [2.75, 3.05) is 7.11 Å². The Labute approximate surface area is 112 Å². The number of aromatic nitrogens is 1. The van der Waals surface area contributed by atoms with Gasteiger partial charge in [-0.05, 0) is 6.07 Å². The molecule has 7 heteroatoms. The highest BCUT2D eigenvalue weighted by atomic mass is 19.4. The highest BCUT2D eigenvalue weighted by molar-refractivity contribution is 5.92. The fourth-order valence-corrected chi connectivity index (χ4v) is 2.16. The van der Waals surface area contributed by atoms with Gasteiger partial charge in [0.1, 0.15) is 0 Å². The molecule has 0 fully saturated rings. The van der Waals surface area contributed by atoms with Crippen molar-refractivity contribution < 1.29 is 27.8 Å². The van der Waals surface area contributed by atoms with Crippen molar-refractivity contribution in [1.82, 2.24) is 4.57 Å². The predicted octanol–water partition coefficient (Wildman–Crippen LogP) is 2.10. The SMILES string of the molecule is COC(=O)[C@](O)(c1cn(C)c2ccccc12)C(F)(F)F. The number of carbonyl (C=O) groups is 1. The molecule has 0 unspecified atom stereocenters. The quantitative estimate of drug-likeness (QED) is 0.861. The van der Waals surface area contributed by atoms with Crippen LogP contribution in [-0.4, -0.2) is 28.9 Å². The summed E-state index contributed by atoms with van der Waals surface area (Å²) in [7, 11) is 2.32. The molecule has 0 amide bonds. The normalized spacial score (nSPS) is 15.1. The molecule has 0 saturated heterocycles. The summed E-state index contributed by atoms with van der Waals surface area (Å²) in [6.45, 7) is 0. The van der Waals surface area contributed by atoms with Crippen LogP contribution in [0.5, 0.6) is 0 Å². The van der Waals surface area contributed by atoms with Gasteiger partial charge in [0.2, 0.25) is 0 Å². The molecule has 1 atom stereocenters. The maximum Gasteiger partial charge on any atom is 0.432 e. The maximum atomic E-state index is 13.2. The van der Waals surface area contributed by atoms with Crippen LogP contribution < -0.4 is 0 Å². The van der Waals surface area contributed by atoms with Gasteiger partial charge >= 0.3 is 12.1 Å². The average molecular weight is 287 g/mol. The van der Waals surface area contributed by atoms with Crippen molar-refractivity contribution in [2.45, 2.75) is 11.8 Å². The highest BCUT2D eigenvalue weighted by Gasteiger charge is 2.63. The molecule has 0 aliphatic rings. The Bertz CT molecular complexity index is 662. The molecule has 1 heterocycles. The van der Waals surface area contributed by atoms with Crippen LogP contribution in [-0.2, 0) is 22.2 Å². The Morgan fingerprint density at radius 3 is 2.45 bits per heavy atom. The van der Waals surface area contributed by atoms with Crippen molar-refractivity contribution in [3.05, 3.63) is 36.0 Å². The van der Waals surface area contributed by atoms with Gasteiger partial charge in [-0.3, -0.25) is 0 Å². The summed E-state index contributed by atoms with van der Waals surface area (Å²) in [6, 6.07) is 6.17. The number of hydrogen-bond donors (Lipinski definition) is 1. The Kier molecular flexibility index (Phi) is 3.25. The second-order valence-electron chi connectivity index (χ2n) is 4.37. The van der Waals surface area contributed by atoms with Crippen molar-refractivity contribution in [2.24, 2.45) is 7.05 Å². The number of para-hydroxylation sites is 1. The topological polar surface area (TPSA) is 51.5 Å². The van der Waals surface area contributed by atoms with Crippen LogP contribution in [0.2, 0.25) is 0 Å². The summed E-state index contributed by atoms with van der Waals surface area (Å²) in [5.74, 6) is -1.76. The van der Waals surface area contributed by atoms with Gasteiger partial charge in [0.15, 0.2) is 0 Å². The van der Waals surface area contributed by atoms with Crippen LogP contribution in [0, 0.1) is 0 Å². The number of aryl methyl sites for hydroxylation is 1. The zero-order valence-corrected chi connectivity index (χ0v) is 10.7. The summed E-state index contributed by atoms with van der Waals surface area (Å²) in [5.41, 5.74) is -3.77. The van der Waals surface area contributed by atoms with E-state index in [1.165, 1.54) is 23.7 Å². The van der Waals surface area contributed by atoms with Gasteiger partial charge in [-0.1, -0.05) is 18.2 Å². The van der Waals surface area contributed by atoms with E-state index in [1.54, 1.807) is 12.1 Å².